The Morgan fingerprint density at radius 1 is 1.47 bits per heavy atom. The summed E-state index contributed by atoms with van der Waals surface area (Å²) in [6, 6.07) is 3.21. The van der Waals surface area contributed by atoms with E-state index in [2.05, 4.69) is 31.2 Å². The van der Waals surface area contributed by atoms with Crippen LogP contribution in [0.5, 0.6) is 5.88 Å². The van der Waals surface area contributed by atoms with E-state index >= 15 is 0 Å². The summed E-state index contributed by atoms with van der Waals surface area (Å²) < 4.78 is 6.46. The summed E-state index contributed by atoms with van der Waals surface area (Å²) >= 11 is 0. The van der Waals surface area contributed by atoms with E-state index in [0.717, 1.165) is 0 Å². The summed E-state index contributed by atoms with van der Waals surface area (Å²) in [5.74, 6) is 0.452. The maximum atomic E-state index is 11.7. The van der Waals surface area contributed by atoms with E-state index in [0.29, 0.717) is 12.4 Å². The normalized spacial score (nSPS) is 13.5. The van der Waals surface area contributed by atoms with Crippen molar-refractivity contribution < 1.29 is 4.74 Å². The number of hydrogen-bond acceptors (Lipinski definition) is 4. The van der Waals surface area contributed by atoms with Crippen LogP contribution in [0.4, 0.5) is 0 Å². The van der Waals surface area contributed by atoms with Gasteiger partial charge in [0.05, 0.1) is 13.7 Å². The molecule has 0 aromatic carbocycles. The zero-order valence-corrected chi connectivity index (χ0v) is 11.2. The number of nitrogens with zero attached hydrogens (tertiary/aromatic N) is 2. The highest BCUT2D eigenvalue weighted by Gasteiger charge is 2.24. The van der Waals surface area contributed by atoms with Crippen LogP contribution in [0.2, 0.25) is 0 Å². The fourth-order valence-corrected chi connectivity index (χ4v) is 1.64. The monoisotopic (exact) mass is 239 g/mol. The Balaban J connectivity index is 2.97. The lowest BCUT2D eigenvalue weighted by molar-refractivity contribution is 0.240. The van der Waals surface area contributed by atoms with Gasteiger partial charge in [-0.25, -0.2) is 4.68 Å². The second-order valence-electron chi connectivity index (χ2n) is 5.10. The first-order valence-electron chi connectivity index (χ1n) is 5.68. The van der Waals surface area contributed by atoms with E-state index in [1.54, 1.807) is 6.07 Å². The molecule has 0 aliphatic rings. The molecule has 96 valence electrons. The minimum absolute atomic E-state index is 0.0545. The molecule has 0 aliphatic carbocycles. The maximum Gasteiger partial charge on any atom is 0.267 e. The van der Waals surface area contributed by atoms with Crippen LogP contribution in [0.3, 0.4) is 0 Å². The van der Waals surface area contributed by atoms with Crippen molar-refractivity contribution in [3.8, 4) is 5.88 Å². The Kier molecular flexibility index (Phi) is 4.28. The summed E-state index contributed by atoms with van der Waals surface area (Å²) in [6.45, 7) is 6.90. The first kappa shape index (κ1) is 13.7. The van der Waals surface area contributed by atoms with E-state index < -0.39 is 0 Å². The van der Waals surface area contributed by atoms with Gasteiger partial charge in [-0.1, -0.05) is 20.8 Å². The van der Waals surface area contributed by atoms with E-state index in [-0.39, 0.29) is 17.0 Å². The van der Waals surface area contributed by atoms with Gasteiger partial charge in [-0.15, -0.1) is 5.10 Å². The number of hydrogen-bond donors (Lipinski definition) is 1. The number of rotatable bonds is 4. The van der Waals surface area contributed by atoms with E-state index in [1.807, 2.05) is 7.05 Å². The number of ether oxygens (including phenoxy) is 1. The molecule has 0 fully saturated rings. The molecule has 5 nitrogen and oxygen atoms in total. The van der Waals surface area contributed by atoms with Crippen molar-refractivity contribution in [3.63, 3.8) is 0 Å². The van der Waals surface area contributed by atoms with Gasteiger partial charge >= 0.3 is 0 Å². The second-order valence-corrected chi connectivity index (χ2v) is 5.10. The highest BCUT2D eigenvalue weighted by atomic mass is 16.5. The molecule has 0 spiro atoms. The van der Waals surface area contributed by atoms with Crippen LogP contribution in [-0.4, -0.2) is 30.0 Å². The summed E-state index contributed by atoms with van der Waals surface area (Å²) in [4.78, 5) is 11.7. The number of aromatic nitrogens is 2. The van der Waals surface area contributed by atoms with E-state index in [4.69, 9.17) is 4.74 Å². The standard InChI is InChI=1S/C12H21N3O2/c1-12(2,3)9(13-4)8-15-11(16)7-6-10(14-15)17-5/h6-7,9,13H,8H2,1-5H3. The Bertz CT molecular complexity index is 420. The molecular formula is C12H21N3O2. The number of likely N-dealkylation sites (N-methyl/N-ethyl adjacent to an activating group) is 1. The van der Waals surface area contributed by atoms with Crippen molar-refractivity contribution in [2.75, 3.05) is 14.2 Å². The molecule has 0 aliphatic heterocycles. The highest BCUT2D eigenvalue weighted by Crippen LogP contribution is 2.19. The summed E-state index contributed by atoms with van der Waals surface area (Å²) in [6.07, 6.45) is 0. The molecule has 1 N–H and O–H groups in total. The molecule has 0 saturated carbocycles. The first-order valence-corrected chi connectivity index (χ1v) is 5.68. The maximum absolute atomic E-state index is 11.7. The van der Waals surface area contributed by atoms with Crippen molar-refractivity contribution >= 4 is 0 Å². The molecule has 0 saturated heterocycles. The first-order chi connectivity index (χ1) is 7.88. The summed E-state index contributed by atoms with van der Waals surface area (Å²) in [5, 5.41) is 7.35. The van der Waals surface area contributed by atoms with Crippen LogP contribution in [0.25, 0.3) is 0 Å². The van der Waals surface area contributed by atoms with Crippen LogP contribution >= 0.6 is 0 Å². The third kappa shape index (κ3) is 3.56. The predicted octanol–water partition coefficient (Wildman–Crippen LogP) is 0.886. The lowest BCUT2D eigenvalue weighted by Crippen LogP contribution is -2.44. The van der Waals surface area contributed by atoms with Gasteiger partial charge in [-0.2, -0.15) is 0 Å². The fraction of sp³-hybridized carbons (Fsp3) is 0.667. The molecule has 0 amide bonds. The summed E-state index contributed by atoms with van der Waals surface area (Å²) in [7, 11) is 3.43. The lowest BCUT2D eigenvalue weighted by atomic mass is 9.87. The number of nitrogens with one attached hydrogen (secondary N) is 1. The zero-order chi connectivity index (χ0) is 13.1. The third-order valence-corrected chi connectivity index (χ3v) is 2.80. The molecule has 17 heavy (non-hydrogen) atoms. The Morgan fingerprint density at radius 2 is 2.12 bits per heavy atom. The second kappa shape index (κ2) is 5.31. The van der Waals surface area contributed by atoms with Crippen molar-refractivity contribution in [1.29, 1.82) is 0 Å². The highest BCUT2D eigenvalue weighted by molar-refractivity contribution is 5.06. The molecule has 0 bridgehead atoms. The van der Waals surface area contributed by atoms with Gasteiger partial charge in [0, 0.05) is 18.2 Å². The van der Waals surface area contributed by atoms with Crippen LogP contribution in [0, 0.1) is 5.41 Å². The molecule has 0 radical (unpaired) electrons. The molecular weight excluding hydrogens is 218 g/mol. The van der Waals surface area contributed by atoms with E-state index in [9.17, 15) is 4.79 Å². The molecule has 1 aromatic heterocycles. The molecule has 1 unspecified atom stereocenters. The van der Waals surface area contributed by atoms with Crippen LogP contribution in [0.1, 0.15) is 20.8 Å². The Morgan fingerprint density at radius 3 is 2.59 bits per heavy atom. The quantitative estimate of drug-likeness (QED) is 0.847. The van der Waals surface area contributed by atoms with Gasteiger partial charge in [-0.05, 0) is 12.5 Å². The van der Waals surface area contributed by atoms with Crippen LogP contribution < -0.4 is 15.6 Å². The Labute approximate surface area is 102 Å². The average molecular weight is 239 g/mol. The minimum Gasteiger partial charge on any atom is -0.480 e. The minimum atomic E-state index is -0.115. The van der Waals surface area contributed by atoms with Crippen molar-refractivity contribution in [2.24, 2.45) is 5.41 Å². The van der Waals surface area contributed by atoms with Gasteiger partial charge in [0.1, 0.15) is 0 Å². The molecule has 1 atom stereocenters. The molecule has 1 aromatic rings. The average Bonchev–Trinajstić information content (AvgIpc) is 2.26. The van der Waals surface area contributed by atoms with Gasteiger partial charge < -0.3 is 10.1 Å². The topological polar surface area (TPSA) is 56.1 Å². The fourth-order valence-electron chi connectivity index (χ4n) is 1.64. The predicted molar refractivity (Wildman–Crippen MR) is 67.4 cm³/mol. The largest absolute Gasteiger partial charge is 0.480 e. The SMILES string of the molecule is CNC(Cn1nc(OC)ccc1=O)C(C)(C)C. The van der Waals surface area contributed by atoms with Crippen molar-refractivity contribution in [3.05, 3.63) is 22.5 Å². The Hall–Kier alpha value is -1.36. The number of methoxy groups -OCH3 is 1. The van der Waals surface area contributed by atoms with Crippen LogP contribution in [0.15, 0.2) is 16.9 Å². The molecule has 1 rings (SSSR count). The molecule has 1 heterocycles. The zero-order valence-electron chi connectivity index (χ0n) is 11.2. The summed E-state index contributed by atoms with van der Waals surface area (Å²) in [5.41, 5.74) is -0.0610. The van der Waals surface area contributed by atoms with Crippen molar-refractivity contribution in [1.82, 2.24) is 15.1 Å². The van der Waals surface area contributed by atoms with Gasteiger partial charge in [-0.3, -0.25) is 4.79 Å². The van der Waals surface area contributed by atoms with Gasteiger partial charge in [0.2, 0.25) is 5.88 Å². The molecule has 5 heteroatoms. The van der Waals surface area contributed by atoms with Crippen LogP contribution in [-0.2, 0) is 6.54 Å². The third-order valence-electron chi connectivity index (χ3n) is 2.80. The lowest BCUT2D eigenvalue weighted by Gasteiger charge is -2.30. The van der Waals surface area contributed by atoms with Gasteiger partial charge in [0.25, 0.3) is 5.56 Å². The van der Waals surface area contributed by atoms with Gasteiger partial charge in [0.15, 0.2) is 0 Å². The van der Waals surface area contributed by atoms with E-state index in [1.165, 1.54) is 17.9 Å². The van der Waals surface area contributed by atoms with Crippen molar-refractivity contribution in [2.45, 2.75) is 33.4 Å². The smallest absolute Gasteiger partial charge is 0.267 e.